The maximum atomic E-state index is 13.1. The maximum absolute atomic E-state index is 13.1. The van der Waals surface area contributed by atoms with E-state index in [9.17, 15) is 4.39 Å². The molecule has 0 aliphatic rings. The van der Waals surface area contributed by atoms with Gasteiger partial charge in [0.25, 0.3) is 0 Å². The molecule has 1 N–H and O–H groups in total. The number of hydrogen-bond donors (Lipinski definition) is 1. The van der Waals surface area contributed by atoms with Gasteiger partial charge in [-0.2, -0.15) is 17.0 Å². The van der Waals surface area contributed by atoms with Crippen LogP contribution in [0.15, 0.2) is 18.2 Å². The van der Waals surface area contributed by atoms with Crippen molar-refractivity contribution in [1.82, 2.24) is 5.32 Å². The standard InChI is InChI=1S/C13H17FN2S/c1-10(9-17-2)7-16-8-12-3-11(6-15)4-13(14)5-12/h3-5,10,16H,7-9H2,1-2H3. The van der Waals surface area contributed by atoms with E-state index in [0.717, 1.165) is 17.9 Å². The zero-order valence-electron chi connectivity index (χ0n) is 10.2. The predicted molar refractivity (Wildman–Crippen MR) is 70.4 cm³/mol. The van der Waals surface area contributed by atoms with Gasteiger partial charge < -0.3 is 5.32 Å². The molecule has 0 fully saturated rings. The third-order valence-corrected chi connectivity index (χ3v) is 3.26. The lowest BCUT2D eigenvalue weighted by molar-refractivity contribution is 0.556. The molecule has 1 aromatic carbocycles. The lowest BCUT2D eigenvalue weighted by atomic mass is 10.1. The summed E-state index contributed by atoms with van der Waals surface area (Å²) in [5.41, 5.74) is 1.19. The first-order chi connectivity index (χ1) is 8.15. The third-order valence-electron chi connectivity index (χ3n) is 2.36. The highest BCUT2D eigenvalue weighted by Gasteiger charge is 2.03. The molecule has 0 aromatic heterocycles. The van der Waals surface area contributed by atoms with Crippen LogP contribution in [0.25, 0.3) is 0 Å². The molecule has 1 rings (SSSR count). The zero-order valence-corrected chi connectivity index (χ0v) is 11.0. The van der Waals surface area contributed by atoms with Gasteiger partial charge in [0, 0.05) is 6.54 Å². The van der Waals surface area contributed by atoms with E-state index in [1.165, 1.54) is 12.1 Å². The molecular formula is C13H17FN2S. The quantitative estimate of drug-likeness (QED) is 0.845. The lowest BCUT2D eigenvalue weighted by Gasteiger charge is -2.11. The van der Waals surface area contributed by atoms with E-state index >= 15 is 0 Å². The van der Waals surface area contributed by atoms with Gasteiger partial charge in [0.15, 0.2) is 0 Å². The molecule has 0 aliphatic heterocycles. The molecule has 0 bridgehead atoms. The topological polar surface area (TPSA) is 35.8 Å². The number of hydrogen-bond acceptors (Lipinski definition) is 3. The molecule has 0 aliphatic carbocycles. The molecule has 4 heteroatoms. The summed E-state index contributed by atoms with van der Waals surface area (Å²) in [4.78, 5) is 0. The van der Waals surface area contributed by atoms with Crippen molar-refractivity contribution in [3.05, 3.63) is 35.1 Å². The van der Waals surface area contributed by atoms with E-state index in [-0.39, 0.29) is 5.82 Å². The Balaban J connectivity index is 2.47. The second-order valence-corrected chi connectivity index (χ2v) is 5.06. The molecule has 0 radical (unpaired) electrons. The molecule has 2 nitrogen and oxygen atoms in total. The molecule has 17 heavy (non-hydrogen) atoms. The van der Waals surface area contributed by atoms with E-state index in [2.05, 4.69) is 18.5 Å². The molecule has 1 aromatic rings. The van der Waals surface area contributed by atoms with Gasteiger partial charge in [-0.1, -0.05) is 6.92 Å². The van der Waals surface area contributed by atoms with Crippen LogP contribution in [0.4, 0.5) is 4.39 Å². The fraction of sp³-hybridized carbons (Fsp3) is 0.462. The summed E-state index contributed by atoms with van der Waals surface area (Å²) in [7, 11) is 0. The summed E-state index contributed by atoms with van der Waals surface area (Å²) in [6.45, 7) is 3.68. The smallest absolute Gasteiger partial charge is 0.124 e. The van der Waals surface area contributed by atoms with E-state index < -0.39 is 0 Å². The SMILES string of the molecule is CSCC(C)CNCc1cc(F)cc(C#N)c1. The number of nitrogens with zero attached hydrogens (tertiary/aromatic N) is 1. The molecule has 0 spiro atoms. The van der Waals surface area contributed by atoms with Crippen LogP contribution in [0.5, 0.6) is 0 Å². The Kier molecular flexibility index (Phi) is 6.03. The summed E-state index contributed by atoms with van der Waals surface area (Å²) in [6, 6.07) is 6.39. The monoisotopic (exact) mass is 252 g/mol. The summed E-state index contributed by atoms with van der Waals surface area (Å²) in [5.74, 6) is 1.35. The number of benzene rings is 1. The summed E-state index contributed by atoms with van der Waals surface area (Å²) < 4.78 is 13.1. The van der Waals surface area contributed by atoms with Crippen molar-refractivity contribution in [2.45, 2.75) is 13.5 Å². The second kappa shape index (κ2) is 7.31. The number of nitrogens with one attached hydrogen (secondary N) is 1. The number of halogens is 1. The van der Waals surface area contributed by atoms with E-state index in [1.807, 2.05) is 17.8 Å². The van der Waals surface area contributed by atoms with Crippen LogP contribution in [-0.4, -0.2) is 18.6 Å². The lowest BCUT2D eigenvalue weighted by Crippen LogP contribution is -2.22. The highest BCUT2D eigenvalue weighted by atomic mass is 32.2. The van der Waals surface area contributed by atoms with Crippen LogP contribution in [0.3, 0.4) is 0 Å². The molecule has 1 atom stereocenters. The minimum Gasteiger partial charge on any atom is -0.312 e. The Morgan fingerprint density at radius 1 is 1.47 bits per heavy atom. The van der Waals surface area contributed by atoms with E-state index in [0.29, 0.717) is 18.0 Å². The minimum absolute atomic E-state index is 0.349. The normalized spacial score (nSPS) is 12.1. The molecule has 0 saturated carbocycles. The predicted octanol–water partition coefficient (Wildman–Crippen LogP) is 2.79. The molecule has 0 saturated heterocycles. The Morgan fingerprint density at radius 3 is 2.88 bits per heavy atom. The van der Waals surface area contributed by atoms with E-state index in [1.54, 1.807) is 6.07 Å². The summed E-state index contributed by atoms with van der Waals surface area (Å²) in [5, 5.41) is 12.0. The highest BCUT2D eigenvalue weighted by molar-refractivity contribution is 7.98. The first kappa shape index (κ1) is 14.0. The first-order valence-electron chi connectivity index (χ1n) is 5.55. The fourth-order valence-electron chi connectivity index (χ4n) is 1.62. The Hall–Kier alpha value is -1.05. The molecule has 1 unspecified atom stereocenters. The van der Waals surface area contributed by atoms with Crippen LogP contribution < -0.4 is 5.32 Å². The van der Waals surface area contributed by atoms with Gasteiger partial charge in [0.05, 0.1) is 11.6 Å². The fourth-order valence-corrected chi connectivity index (χ4v) is 2.31. The number of rotatable bonds is 6. The highest BCUT2D eigenvalue weighted by Crippen LogP contribution is 2.09. The van der Waals surface area contributed by atoms with Gasteiger partial charge in [-0.3, -0.25) is 0 Å². The maximum Gasteiger partial charge on any atom is 0.124 e. The van der Waals surface area contributed by atoms with Crippen molar-refractivity contribution in [2.75, 3.05) is 18.6 Å². The minimum atomic E-state index is -0.349. The van der Waals surface area contributed by atoms with Gasteiger partial charge in [-0.25, -0.2) is 4.39 Å². The van der Waals surface area contributed by atoms with Crippen LogP contribution in [0.2, 0.25) is 0 Å². The van der Waals surface area contributed by atoms with Crippen LogP contribution in [-0.2, 0) is 6.54 Å². The summed E-state index contributed by atoms with van der Waals surface area (Å²) >= 11 is 1.82. The van der Waals surface area contributed by atoms with Gasteiger partial charge in [-0.05, 0) is 48.2 Å². The molecular weight excluding hydrogens is 235 g/mol. The molecule has 0 amide bonds. The first-order valence-corrected chi connectivity index (χ1v) is 6.94. The Morgan fingerprint density at radius 2 is 2.24 bits per heavy atom. The average Bonchev–Trinajstić information content (AvgIpc) is 2.28. The second-order valence-electron chi connectivity index (χ2n) is 4.15. The Labute approximate surface area is 106 Å². The van der Waals surface area contributed by atoms with Gasteiger partial charge >= 0.3 is 0 Å². The Bertz CT molecular complexity index is 401. The van der Waals surface area contributed by atoms with Gasteiger partial charge in [0.2, 0.25) is 0 Å². The molecule has 0 heterocycles. The van der Waals surface area contributed by atoms with Crippen molar-refractivity contribution >= 4 is 11.8 Å². The van der Waals surface area contributed by atoms with Crippen molar-refractivity contribution in [3.63, 3.8) is 0 Å². The van der Waals surface area contributed by atoms with Crippen LogP contribution >= 0.6 is 11.8 Å². The summed E-state index contributed by atoms with van der Waals surface area (Å²) in [6.07, 6.45) is 2.09. The van der Waals surface area contributed by atoms with Gasteiger partial charge in [-0.15, -0.1) is 0 Å². The third kappa shape index (κ3) is 5.20. The zero-order chi connectivity index (χ0) is 12.7. The largest absolute Gasteiger partial charge is 0.312 e. The van der Waals surface area contributed by atoms with Crippen molar-refractivity contribution < 1.29 is 4.39 Å². The van der Waals surface area contributed by atoms with Crippen molar-refractivity contribution in [3.8, 4) is 6.07 Å². The average molecular weight is 252 g/mol. The van der Waals surface area contributed by atoms with Crippen molar-refractivity contribution in [2.24, 2.45) is 5.92 Å². The van der Waals surface area contributed by atoms with E-state index in [4.69, 9.17) is 5.26 Å². The van der Waals surface area contributed by atoms with Gasteiger partial charge in [0.1, 0.15) is 5.82 Å². The van der Waals surface area contributed by atoms with Crippen molar-refractivity contribution in [1.29, 1.82) is 5.26 Å². The molecule has 92 valence electrons. The van der Waals surface area contributed by atoms with Crippen LogP contribution in [0.1, 0.15) is 18.1 Å². The number of thioether (sulfide) groups is 1. The number of nitriles is 1. The van der Waals surface area contributed by atoms with Crippen LogP contribution in [0, 0.1) is 23.1 Å².